The highest BCUT2D eigenvalue weighted by Crippen LogP contribution is 2.25. The fourth-order valence-electron chi connectivity index (χ4n) is 2.37. The van der Waals surface area contributed by atoms with E-state index in [-0.39, 0.29) is 11.5 Å². The Morgan fingerprint density at radius 1 is 1.29 bits per heavy atom. The summed E-state index contributed by atoms with van der Waals surface area (Å²) in [6.45, 7) is 0. The number of nitrogens with one attached hydrogen (secondary N) is 1. The first-order valence-corrected chi connectivity index (χ1v) is 7.14. The molecule has 0 spiro atoms. The van der Waals surface area contributed by atoms with E-state index < -0.39 is 11.0 Å². The summed E-state index contributed by atoms with van der Waals surface area (Å²) >= 11 is 0. The van der Waals surface area contributed by atoms with E-state index in [0.717, 1.165) is 0 Å². The minimum absolute atomic E-state index is 0.0974. The molecule has 1 atom stereocenters. The Labute approximate surface area is 137 Å². The van der Waals surface area contributed by atoms with Crippen molar-refractivity contribution in [2.45, 2.75) is 6.04 Å². The lowest BCUT2D eigenvalue weighted by Crippen LogP contribution is -2.17. The van der Waals surface area contributed by atoms with Gasteiger partial charge in [-0.05, 0) is 23.8 Å². The molecule has 0 aliphatic rings. The fraction of sp³-hybridized carbons (Fsp3) is 0.125. The Bertz CT molecular complexity index is 863. The van der Waals surface area contributed by atoms with Gasteiger partial charge in [-0.3, -0.25) is 10.1 Å². The van der Waals surface area contributed by atoms with Crippen molar-refractivity contribution in [1.29, 1.82) is 0 Å². The maximum absolute atomic E-state index is 13.6. The van der Waals surface area contributed by atoms with Crippen molar-refractivity contribution in [2.75, 3.05) is 5.32 Å². The molecule has 1 N–H and O–H groups in total. The molecule has 0 radical (unpaired) electrons. The highest BCUT2D eigenvalue weighted by Gasteiger charge is 2.19. The fourth-order valence-corrected chi connectivity index (χ4v) is 2.37. The topological polar surface area (TPSA) is 85.9 Å². The maximum Gasteiger partial charge on any atom is 0.287 e. The normalized spacial score (nSPS) is 11.9. The summed E-state index contributed by atoms with van der Waals surface area (Å²) in [6, 6.07) is 8.59. The molecule has 0 unspecified atom stereocenters. The molecule has 24 heavy (non-hydrogen) atoms. The van der Waals surface area contributed by atoms with Crippen LogP contribution in [0.25, 0.3) is 0 Å². The van der Waals surface area contributed by atoms with E-state index in [4.69, 9.17) is 0 Å². The largest absolute Gasteiger partial charge is 0.356 e. The van der Waals surface area contributed by atoms with Crippen LogP contribution in [0.2, 0.25) is 0 Å². The van der Waals surface area contributed by atoms with Crippen LogP contribution in [0, 0.1) is 15.9 Å². The third-order valence-corrected chi connectivity index (χ3v) is 3.55. The number of imidazole rings is 1. The number of nitro groups is 1. The number of aryl methyl sites for hydroxylation is 1. The lowest BCUT2D eigenvalue weighted by molar-refractivity contribution is -0.385. The Hall–Kier alpha value is -3.29. The average Bonchev–Trinajstić information content (AvgIpc) is 2.99. The van der Waals surface area contributed by atoms with E-state index in [9.17, 15) is 14.5 Å². The van der Waals surface area contributed by atoms with Crippen LogP contribution in [0.3, 0.4) is 0 Å². The molecule has 0 fully saturated rings. The first-order valence-electron chi connectivity index (χ1n) is 7.14. The van der Waals surface area contributed by atoms with E-state index in [0.29, 0.717) is 17.2 Å². The molecule has 0 aliphatic heterocycles. The number of pyridine rings is 1. The number of aromatic nitrogens is 3. The van der Waals surface area contributed by atoms with Crippen molar-refractivity contribution in [3.63, 3.8) is 0 Å². The van der Waals surface area contributed by atoms with E-state index >= 15 is 0 Å². The van der Waals surface area contributed by atoms with Crippen LogP contribution in [0.5, 0.6) is 0 Å². The predicted octanol–water partition coefficient (Wildman–Crippen LogP) is 3.06. The van der Waals surface area contributed by atoms with Crippen molar-refractivity contribution in [3.05, 3.63) is 82.3 Å². The number of nitrogens with zero attached hydrogens (tertiary/aromatic N) is 4. The zero-order chi connectivity index (χ0) is 17.1. The highest BCUT2D eigenvalue weighted by molar-refractivity contribution is 5.44. The van der Waals surface area contributed by atoms with Crippen LogP contribution in [0.1, 0.15) is 17.4 Å². The van der Waals surface area contributed by atoms with E-state index in [1.165, 1.54) is 30.5 Å². The number of rotatable bonds is 5. The van der Waals surface area contributed by atoms with Crippen molar-refractivity contribution < 1.29 is 9.31 Å². The van der Waals surface area contributed by atoms with Crippen LogP contribution in [0.15, 0.2) is 55.0 Å². The highest BCUT2D eigenvalue weighted by atomic mass is 19.1. The van der Waals surface area contributed by atoms with Gasteiger partial charge in [-0.15, -0.1) is 0 Å². The lowest BCUT2D eigenvalue weighted by atomic mass is 10.1. The zero-order valence-corrected chi connectivity index (χ0v) is 12.8. The van der Waals surface area contributed by atoms with Gasteiger partial charge in [-0.25, -0.2) is 14.4 Å². The van der Waals surface area contributed by atoms with Crippen LogP contribution in [-0.2, 0) is 7.05 Å². The second-order valence-corrected chi connectivity index (χ2v) is 5.19. The van der Waals surface area contributed by atoms with Gasteiger partial charge in [0.15, 0.2) is 0 Å². The van der Waals surface area contributed by atoms with Gasteiger partial charge < -0.3 is 9.88 Å². The molecule has 3 rings (SSSR count). The summed E-state index contributed by atoms with van der Waals surface area (Å²) in [6.07, 6.45) is 4.60. The third-order valence-electron chi connectivity index (χ3n) is 3.55. The maximum atomic E-state index is 13.6. The molecule has 3 aromatic rings. The number of benzene rings is 1. The standard InChI is InChI=1S/C16H14FN5O2/c1-21-8-7-18-16(21)15(11-3-2-4-12(17)9-11)20-14-6-5-13(10-19-14)22(23)24/h2-10,15H,1H3,(H,19,20)/t15-/m0/s1. The summed E-state index contributed by atoms with van der Waals surface area (Å²) in [5.41, 5.74) is 0.573. The van der Waals surface area contributed by atoms with Gasteiger partial charge in [0.1, 0.15) is 29.7 Å². The summed E-state index contributed by atoms with van der Waals surface area (Å²) in [5, 5.41) is 13.9. The molecule has 0 saturated heterocycles. The molecule has 2 heterocycles. The molecule has 7 nitrogen and oxygen atoms in total. The van der Waals surface area contributed by atoms with Crippen LogP contribution >= 0.6 is 0 Å². The van der Waals surface area contributed by atoms with Gasteiger partial charge in [0.2, 0.25) is 0 Å². The summed E-state index contributed by atoms with van der Waals surface area (Å²) < 4.78 is 15.4. The third kappa shape index (κ3) is 3.22. The first-order chi connectivity index (χ1) is 11.5. The molecule has 0 aliphatic carbocycles. The second-order valence-electron chi connectivity index (χ2n) is 5.19. The Morgan fingerprint density at radius 3 is 2.71 bits per heavy atom. The van der Waals surface area contributed by atoms with Crippen molar-refractivity contribution in [1.82, 2.24) is 14.5 Å². The van der Waals surface area contributed by atoms with Crippen molar-refractivity contribution in [2.24, 2.45) is 7.05 Å². The minimum Gasteiger partial charge on any atom is -0.356 e. The lowest BCUT2D eigenvalue weighted by Gasteiger charge is -2.19. The van der Waals surface area contributed by atoms with Crippen LogP contribution in [-0.4, -0.2) is 19.5 Å². The Kier molecular flexibility index (Phi) is 4.19. The van der Waals surface area contributed by atoms with E-state index in [1.807, 2.05) is 11.6 Å². The summed E-state index contributed by atoms with van der Waals surface area (Å²) in [4.78, 5) is 18.6. The molecule has 2 aromatic heterocycles. The monoisotopic (exact) mass is 327 g/mol. The molecule has 8 heteroatoms. The molecule has 122 valence electrons. The molecule has 0 saturated carbocycles. The van der Waals surface area contributed by atoms with Gasteiger partial charge in [0.05, 0.1) is 4.92 Å². The first kappa shape index (κ1) is 15.6. The Morgan fingerprint density at radius 2 is 2.12 bits per heavy atom. The van der Waals surface area contributed by atoms with Crippen molar-refractivity contribution >= 4 is 11.5 Å². The number of anilines is 1. The van der Waals surface area contributed by atoms with Gasteiger partial charge in [-0.1, -0.05) is 12.1 Å². The molecule has 0 bridgehead atoms. The average molecular weight is 327 g/mol. The minimum atomic E-state index is -0.514. The number of halogens is 1. The smallest absolute Gasteiger partial charge is 0.287 e. The van der Waals surface area contributed by atoms with E-state index in [1.54, 1.807) is 24.5 Å². The predicted molar refractivity (Wildman–Crippen MR) is 86.0 cm³/mol. The Balaban J connectivity index is 1.96. The van der Waals surface area contributed by atoms with Crippen LogP contribution in [0.4, 0.5) is 15.9 Å². The number of hydrogen-bond acceptors (Lipinski definition) is 5. The van der Waals surface area contributed by atoms with Gasteiger partial charge in [0.25, 0.3) is 5.69 Å². The van der Waals surface area contributed by atoms with Gasteiger partial charge >= 0.3 is 0 Å². The molecular weight excluding hydrogens is 313 g/mol. The second kappa shape index (κ2) is 6.45. The van der Waals surface area contributed by atoms with E-state index in [2.05, 4.69) is 15.3 Å². The zero-order valence-electron chi connectivity index (χ0n) is 12.8. The molecular formula is C16H14FN5O2. The quantitative estimate of drug-likeness (QED) is 0.575. The SMILES string of the molecule is Cn1ccnc1[C@@H](Nc1ccc([N+](=O)[O-])cn1)c1cccc(F)c1. The van der Waals surface area contributed by atoms with Gasteiger partial charge in [0, 0.05) is 25.5 Å². The molecule has 0 amide bonds. The molecule has 1 aromatic carbocycles. The van der Waals surface area contributed by atoms with Crippen LogP contribution < -0.4 is 5.32 Å². The van der Waals surface area contributed by atoms with Crippen molar-refractivity contribution in [3.8, 4) is 0 Å². The summed E-state index contributed by atoms with van der Waals surface area (Å²) in [5.74, 6) is 0.740. The summed E-state index contributed by atoms with van der Waals surface area (Å²) in [7, 11) is 1.83. The van der Waals surface area contributed by atoms with Gasteiger partial charge in [-0.2, -0.15) is 0 Å². The number of hydrogen-bond donors (Lipinski definition) is 1.